The lowest BCUT2D eigenvalue weighted by molar-refractivity contribution is -0.139. The summed E-state index contributed by atoms with van der Waals surface area (Å²) >= 11 is 0. The van der Waals surface area contributed by atoms with E-state index in [4.69, 9.17) is 4.74 Å². The predicted octanol–water partition coefficient (Wildman–Crippen LogP) is 0.916. The summed E-state index contributed by atoms with van der Waals surface area (Å²) in [6, 6.07) is 1.58. The van der Waals surface area contributed by atoms with Crippen LogP contribution in [0.4, 0.5) is 0 Å². The molecule has 1 amide bonds. The first kappa shape index (κ1) is 20.2. The van der Waals surface area contributed by atoms with E-state index in [0.29, 0.717) is 31.8 Å². The van der Waals surface area contributed by atoms with Crippen molar-refractivity contribution in [3.8, 4) is 0 Å². The Bertz CT molecular complexity index is 735. The number of carbonyl (C=O) groups excluding carboxylic acids is 1. The third-order valence-electron chi connectivity index (χ3n) is 5.63. The van der Waals surface area contributed by atoms with Crippen LogP contribution in [0.3, 0.4) is 0 Å². The first-order valence-corrected chi connectivity index (χ1v) is 11.3. The molecule has 1 aliphatic carbocycles. The highest BCUT2D eigenvalue weighted by molar-refractivity contribution is 7.88. The van der Waals surface area contributed by atoms with Gasteiger partial charge in [-0.15, -0.1) is 0 Å². The molecule has 0 spiro atoms. The molecule has 8 nitrogen and oxygen atoms in total. The van der Waals surface area contributed by atoms with Crippen molar-refractivity contribution in [2.45, 2.75) is 50.2 Å². The van der Waals surface area contributed by atoms with Crippen LogP contribution in [0.5, 0.6) is 0 Å². The molecule has 2 heterocycles. The number of methoxy groups -OCH3 is 1. The number of ether oxygens (including phenoxy) is 1. The van der Waals surface area contributed by atoms with Crippen molar-refractivity contribution in [1.29, 1.82) is 0 Å². The number of likely N-dealkylation sites (tertiary alicyclic amines) is 1. The molecule has 0 aromatic carbocycles. The van der Waals surface area contributed by atoms with Crippen LogP contribution in [0.15, 0.2) is 18.6 Å². The summed E-state index contributed by atoms with van der Waals surface area (Å²) in [5.41, 5.74) is 1.04. The van der Waals surface area contributed by atoms with Gasteiger partial charge in [-0.3, -0.25) is 4.79 Å². The molecular weight excluding hydrogens is 368 g/mol. The number of sulfonamides is 1. The summed E-state index contributed by atoms with van der Waals surface area (Å²) < 4.78 is 31.3. The van der Waals surface area contributed by atoms with Gasteiger partial charge in [-0.1, -0.05) is 0 Å². The Balaban J connectivity index is 1.58. The topological polar surface area (TPSA) is 101 Å². The van der Waals surface area contributed by atoms with Crippen LogP contribution in [0.2, 0.25) is 0 Å². The lowest BCUT2D eigenvalue weighted by atomic mass is 9.82. The van der Waals surface area contributed by atoms with Gasteiger partial charge in [0.2, 0.25) is 15.9 Å². The Hall–Kier alpha value is -1.58. The van der Waals surface area contributed by atoms with Crippen molar-refractivity contribution in [3.05, 3.63) is 24.3 Å². The molecule has 150 valence electrons. The fourth-order valence-electron chi connectivity index (χ4n) is 4.24. The Morgan fingerprint density at radius 3 is 2.59 bits per heavy atom. The zero-order valence-corrected chi connectivity index (χ0v) is 16.7. The van der Waals surface area contributed by atoms with Gasteiger partial charge in [0.05, 0.1) is 12.4 Å². The van der Waals surface area contributed by atoms with Gasteiger partial charge in [0.15, 0.2) is 0 Å². The normalized spacial score (nSPS) is 27.5. The van der Waals surface area contributed by atoms with E-state index in [0.717, 1.165) is 31.2 Å². The van der Waals surface area contributed by atoms with Crippen LogP contribution in [0, 0.1) is 5.92 Å². The van der Waals surface area contributed by atoms with E-state index in [1.54, 1.807) is 19.6 Å². The van der Waals surface area contributed by atoms with Gasteiger partial charge in [-0.05, 0) is 38.2 Å². The first-order valence-electron chi connectivity index (χ1n) is 9.42. The van der Waals surface area contributed by atoms with Crippen LogP contribution >= 0.6 is 0 Å². The van der Waals surface area contributed by atoms with E-state index in [1.165, 1.54) is 0 Å². The van der Waals surface area contributed by atoms with Gasteiger partial charge in [0, 0.05) is 50.0 Å². The second-order valence-electron chi connectivity index (χ2n) is 7.51. The van der Waals surface area contributed by atoms with Gasteiger partial charge in [0.1, 0.15) is 6.33 Å². The first-order chi connectivity index (χ1) is 12.9. The van der Waals surface area contributed by atoms with Crippen molar-refractivity contribution in [3.63, 3.8) is 0 Å². The SMILES string of the molecule is CO[C@@H]1CC[C@H](C(=O)N2CCC(c3ccncn3)CC2)C[C@H]1NS(C)(=O)=O. The second-order valence-corrected chi connectivity index (χ2v) is 9.29. The molecule has 1 saturated carbocycles. The number of hydrogen-bond donors (Lipinski definition) is 1. The van der Waals surface area contributed by atoms with E-state index in [-0.39, 0.29) is 24.0 Å². The molecule has 3 rings (SSSR count). The summed E-state index contributed by atoms with van der Waals surface area (Å²) in [4.78, 5) is 23.2. The summed E-state index contributed by atoms with van der Waals surface area (Å²) in [5.74, 6) is 0.332. The average Bonchev–Trinajstić information content (AvgIpc) is 2.67. The molecular formula is C18H28N4O4S. The van der Waals surface area contributed by atoms with Crippen LogP contribution < -0.4 is 4.72 Å². The third-order valence-corrected chi connectivity index (χ3v) is 6.36. The van der Waals surface area contributed by atoms with E-state index in [2.05, 4.69) is 14.7 Å². The van der Waals surface area contributed by atoms with Crippen molar-refractivity contribution < 1.29 is 17.9 Å². The minimum atomic E-state index is -3.35. The second kappa shape index (κ2) is 8.62. The molecule has 27 heavy (non-hydrogen) atoms. The highest BCUT2D eigenvalue weighted by atomic mass is 32.2. The Labute approximate surface area is 160 Å². The third kappa shape index (κ3) is 5.24. The Morgan fingerprint density at radius 2 is 2.00 bits per heavy atom. The molecule has 0 radical (unpaired) electrons. The van der Waals surface area contributed by atoms with Crippen LogP contribution in [0.1, 0.15) is 43.7 Å². The lowest BCUT2D eigenvalue weighted by Crippen LogP contribution is -2.51. The maximum absolute atomic E-state index is 13.0. The monoisotopic (exact) mass is 396 g/mol. The smallest absolute Gasteiger partial charge is 0.225 e. The molecule has 0 bridgehead atoms. The van der Waals surface area contributed by atoms with Crippen molar-refractivity contribution in [1.82, 2.24) is 19.6 Å². The zero-order chi connectivity index (χ0) is 19.4. The van der Waals surface area contributed by atoms with Crippen LogP contribution in [0.25, 0.3) is 0 Å². The van der Waals surface area contributed by atoms with Gasteiger partial charge in [-0.2, -0.15) is 0 Å². The standard InChI is InChI=1S/C18H28N4O4S/c1-26-17-4-3-14(11-16(17)21-27(2,24)25)18(23)22-9-6-13(7-10-22)15-5-8-19-12-20-15/h5,8,12-14,16-17,21H,3-4,6-7,9-11H2,1-2H3/t14-,16+,17+/m0/s1. The maximum atomic E-state index is 13.0. The van der Waals surface area contributed by atoms with Crippen molar-refractivity contribution in [2.24, 2.45) is 5.92 Å². The van der Waals surface area contributed by atoms with Gasteiger partial charge in [0.25, 0.3) is 0 Å². The number of hydrogen-bond acceptors (Lipinski definition) is 6. The number of nitrogens with zero attached hydrogens (tertiary/aromatic N) is 3. The predicted molar refractivity (Wildman–Crippen MR) is 100 cm³/mol. The molecule has 1 aliphatic heterocycles. The zero-order valence-electron chi connectivity index (χ0n) is 15.9. The van der Waals surface area contributed by atoms with Gasteiger partial charge >= 0.3 is 0 Å². The summed E-state index contributed by atoms with van der Waals surface area (Å²) in [6.07, 6.45) is 7.94. The van der Waals surface area contributed by atoms with E-state index >= 15 is 0 Å². The maximum Gasteiger partial charge on any atom is 0.225 e. The van der Waals surface area contributed by atoms with E-state index < -0.39 is 10.0 Å². The highest BCUT2D eigenvalue weighted by Crippen LogP contribution is 2.31. The fraction of sp³-hybridized carbons (Fsp3) is 0.722. The molecule has 2 aliphatic rings. The Morgan fingerprint density at radius 1 is 1.26 bits per heavy atom. The molecule has 1 aromatic heterocycles. The molecule has 0 unspecified atom stereocenters. The quantitative estimate of drug-likeness (QED) is 0.794. The van der Waals surface area contributed by atoms with Gasteiger partial charge < -0.3 is 9.64 Å². The van der Waals surface area contributed by atoms with Crippen molar-refractivity contribution in [2.75, 3.05) is 26.5 Å². The Kier molecular flexibility index (Phi) is 6.44. The summed E-state index contributed by atoms with van der Waals surface area (Å²) in [7, 11) is -1.76. The number of amides is 1. The molecule has 1 aromatic rings. The van der Waals surface area contributed by atoms with Crippen molar-refractivity contribution >= 4 is 15.9 Å². The van der Waals surface area contributed by atoms with Crippen LogP contribution in [-0.2, 0) is 19.6 Å². The van der Waals surface area contributed by atoms with E-state index in [9.17, 15) is 13.2 Å². The minimum Gasteiger partial charge on any atom is -0.380 e. The number of carbonyl (C=O) groups is 1. The lowest BCUT2D eigenvalue weighted by Gasteiger charge is -2.38. The highest BCUT2D eigenvalue weighted by Gasteiger charge is 2.37. The van der Waals surface area contributed by atoms with E-state index in [1.807, 2.05) is 11.0 Å². The number of aromatic nitrogens is 2. The van der Waals surface area contributed by atoms with Gasteiger partial charge in [-0.25, -0.2) is 23.1 Å². The molecule has 1 saturated heterocycles. The fourth-order valence-corrected chi connectivity index (χ4v) is 5.04. The number of piperidine rings is 1. The molecule has 9 heteroatoms. The summed E-state index contributed by atoms with van der Waals surface area (Å²) in [6.45, 7) is 1.42. The average molecular weight is 397 g/mol. The number of rotatable bonds is 5. The number of nitrogens with one attached hydrogen (secondary N) is 1. The molecule has 1 N–H and O–H groups in total. The molecule has 3 atom stereocenters. The minimum absolute atomic E-state index is 0.131. The molecule has 2 fully saturated rings. The van der Waals surface area contributed by atoms with Crippen LogP contribution in [-0.4, -0.2) is 67.8 Å². The largest absolute Gasteiger partial charge is 0.380 e. The summed E-state index contributed by atoms with van der Waals surface area (Å²) in [5, 5.41) is 0.